The molecule has 1 unspecified atom stereocenters. The van der Waals surface area contributed by atoms with E-state index in [1.54, 1.807) is 0 Å². The van der Waals surface area contributed by atoms with Gasteiger partial charge in [-0.15, -0.1) is 0 Å². The largest absolute Gasteiger partial charge is 0.464 e. The predicted molar refractivity (Wildman–Crippen MR) is 85.1 cm³/mol. The van der Waals surface area contributed by atoms with Crippen molar-refractivity contribution in [1.82, 2.24) is 0 Å². The molecule has 3 nitrogen and oxygen atoms in total. The Morgan fingerprint density at radius 2 is 1.71 bits per heavy atom. The Morgan fingerprint density at radius 1 is 1.05 bits per heavy atom. The van der Waals surface area contributed by atoms with Crippen LogP contribution in [0.15, 0.2) is 30.3 Å². The number of rotatable bonds is 10. The summed E-state index contributed by atoms with van der Waals surface area (Å²) in [6.45, 7) is 4.97. The molecule has 0 saturated carbocycles. The molecule has 0 aromatic heterocycles. The van der Waals surface area contributed by atoms with Crippen LogP contribution < -0.4 is 0 Å². The first-order valence-electron chi connectivity index (χ1n) is 7.89. The fourth-order valence-corrected chi connectivity index (χ4v) is 2.25. The molecule has 0 amide bonds. The molecule has 0 aliphatic heterocycles. The van der Waals surface area contributed by atoms with E-state index in [4.69, 9.17) is 9.47 Å². The number of carbonyl (C=O) groups is 1. The van der Waals surface area contributed by atoms with E-state index in [9.17, 15) is 4.79 Å². The molecule has 0 spiro atoms. The van der Waals surface area contributed by atoms with Crippen molar-refractivity contribution in [3.05, 3.63) is 35.9 Å². The van der Waals surface area contributed by atoms with Gasteiger partial charge in [0.25, 0.3) is 0 Å². The smallest absolute Gasteiger partial charge is 0.339 e. The molecule has 3 heteroatoms. The molecular weight excluding hydrogens is 264 g/mol. The van der Waals surface area contributed by atoms with E-state index in [1.165, 1.54) is 26.4 Å². The summed E-state index contributed by atoms with van der Waals surface area (Å²) in [6, 6.07) is 9.45. The van der Waals surface area contributed by atoms with Gasteiger partial charge in [0.15, 0.2) is 6.10 Å². The highest BCUT2D eigenvalue weighted by Gasteiger charge is 2.20. The van der Waals surface area contributed by atoms with Crippen LogP contribution in [0.25, 0.3) is 0 Å². The van der Waals surface area contributed by atoms with Gasteiger partial charge in [-0.05, 0) is 17.9 Å². The Hall–Kier alpha value is -1.35. The summed E-state index contributed by atoms with van der Waals surface area (Å²) >= 11 is 0. The van der Waals surface area contributed by atoms with E-state index in [0.29, 0.717) is 6.61 Å². The molecular formula is C18H28O3. The zero-order chi connectivity index (χ0) is 15.5. The predicted octanol–water partition coefficient (Wildman–Crippen LogP) is 4.52. The molecule has 1 aromatic carbocycles. The molecule has 21 heavy (non-hydrogen) atoms. The van der Waals surface area contributed by atoms with Crippen LogP contribution in [0.5, 0.6) is 0 Å². The fourth-order valence-electron chi connectivity index (χ4n) is 2.25. The third-order valence-corrected chi connectivity index (χ3v) is 3.47. The first-order valence-corrected chi connectivity index (χ1v) is 7.89. The number of esters is 1. The Morgan fingerprint density at radius 3 is 2.33 bits per heavy atom. The second kappa shape index (κ2) is 10.4. The number of unbranched alkanes of at least 4 members (excludes halogenated alkanes) is 3. The lowest BCUT2D eigenvalue weighted by atomic mass is 10.0. The summed E-state index contributed by atoms with van der Waals surface area (Å²) < 4.78 is 10.6. The van der Waals surface area contributed by atoms with Crippen LogP contribution in [0.4, 0.5) is 0 Å². The molecule has 118 valence electrons. The van der Waals surface area contributed by atoms with Crippen molar-refractivity contribution in [3.8, 4) is 0 Å². The number of hydrogen-bond donors (Lipinski definition) is 0. The highest BCUT2D eigenvalue weighted by atomic mass is 16.6. The van der Waals surface area contributed by atoms with E-state index < -0.39 is 6.10 Å². The third kappa shape index (κ3) is 7.28. The standard InChI is InChI=1S/C18H28O3/c1-15(2)11-7-4-5-10-14-21-18(19)17(20-3)16-12-8-6-9-13-16/h6,8-9,12-13,15,17H,4-5,7,10-11,14H2,1-3H3. The first kappa shape index (κ1) is 17.7. The van der Waals surface area contributed by atoms with Crippen LogP contribution in [0.1, 0.15) is 57.6 Å². The van der Waals surface area contributed by atoms with Gasteiger partial charge in [-0.2, -0.15) is 0 Å². The maximum absolute atomic E-state index is 12.0. The minimum atomic E-state index is -0.618. The Kier molecular flexibility index (Phi) is 8.76. The molecule has 1 rings (SSSR count). The SMILES string of the molecule is COC(C(=O)OCCCCCCC(C)C)c1ccccc1. The summed E-state index contributed by atoms with van der Waals surface area (Å²) in [5.74, 6) is 0.474. The van der Waals surface area contributed by atoms with Gasteiger partial charge < -0.3 is 9.47 Å². The van der Waals surface area contributed by atoms with Gasteiger partial charge in [0.1, 0.15) is 0 Å². The first-order chi connectivity index (χ1) is 10.1. The summed E-state index contributed by atoms with van der Waals surface area (Å²) in [7, 11) is 1.53. The van der Waals surface area contributed by atoms with Crippen molar-refractivity contribution in [3.63, 3.8) is 0 Å². The monoisotopic (exact) mass is 292 g/mol. The van der Waals surface area contributed by atoms with E-state index in [1.807, 2.05) is 30.3 Å². The van der Waals surface area contributed by atoms with Gasteiger partial charge in [0, 0.05) is 7.11 Å². The lowest BCUT2D eigenvalue weighted by Gasteiger charge is -2.14. The second-order valence-electron chi connectivity index (χ2n) is 5.79. The zero-order valence-electron chi connectivity index (χ0n) is 13.5. The highest BCUT2D eigenvalue weighted by molar-refractivity contribution is 5.76. The summed E-state index contributed by atoms with van der Waals surface area (Å²) in [4.78, 5) is 12.0. The molecule has 0 saturated heterocycles. The minimum absolute atomic E-state index is 0.300. The van der Waals surface area contributed by atoms with Crippen molar-refractivity contribution >= 4 is 5.97 Å². The molecule has 0 bridgehead atoms. The second-order valence-corrected chi connectivity index (χ2v) is 5.79. The van der Waals surface area contributed by atoms with Crippen molar-refractivity contribution in [2.75, 3.05) is 13.7 Å². The van der Waals surface area contributed by atoms with E-state index >= 15 is 0 Å². The molecule has 1 aromatic rings. The van der Waals surface area contributed by atoms with Crippen molar-refractivity contribution < 1.29 is 14.3 Å². The summed E-state index contributed by atoms with van der Waals surface area (Å²) in [5.41, 5.74) is 0.835. The number of methoxy groups -OCH3 is 1. The fraction of sp³-hybridized carbons (Fsp3) is 0.611. The van der Waals surface area contributed by atoms with Crippen LogP contribution in [0.3, 0.4) is 0 Å². The van der Waals surface area contributed by atoms with Gasteiger partial charge >= 0.3 is 5.97 Å². The van der Waals surface area contributed by atoms with E-state index in [-0.39, 0.29) is 5.97 Å². The van der Waals surface area contributed by atoms with Crippen molar-refractivity contribution in [2.45, 2.75) is 52.1 Å². The van der Waals surface area contributed by atoms with Crippen LogP contribution in [-0.4, -0.2) is 19.7 Å². The normalized spacial score (nSPS) is 12.4. The van der Waals surface area contributed by atoms with Gasteiger partial charge in [0.2, 0.25) is 0 Å². The summed E-state index contributed by atoms with van der Waals surface area (Å²) in [5, 5.41) is 0. The minimum Gasteiger partial charge on any atom is -0.464 e. The molecule has 0 fully saturated rings. The van der Waals surface area contributed by atoms with Gasteiger partial charge in [-0.25, -0.2) is 4.79 Å². The lowest BCUT2D eigenvalue weighted by Crippen LogP contribution is -2.18. The highest BCUT2D eigenvalue weighted by Crippen LogP contribution is 2.18. The maximum atomic E-state index is 12.0. The van der Waals surface area contributed by atoms with Crippen LogP contribution in [-0.2, 0) is 14.3 Å². The number of ether oxygens (including phenoxy) is 2. The quantitative estimate of drug-likeness (QED) is 0.469. The molecule has 0 aliphatic rings. The van der Waals surface area contributed by atoms with Crippen molar-refractivity contribution in [1.29, 1.82) is 0 Å². The van der Waals surface area contributed by atoms with Crippen LogP contribution in [0, 0.1) is 5.92 Å². The topological polar surface area (TPSA) is 35.5 Å². The van der Waals surface area contributed by atoms with Gasteiger partial charge in [-0.3, -0.25) is 0 Å². The Labute approximate surface area is 128 Å². The third-order valence-electron chi connectivity index (χ3n) is 3.47. The number of benzene rings is 1. The molecule has 0 N–H and O–H groups in total. The van der Waals surface area contributed by atoms with E-state index in [2.05, 4.69) is 13.8 Å². The van der Waals surface area contributed by atoms with Gasteiger partial charge in [0.05, 0.1) is 6.61 Å². The number of carbonyl (C=O) groups excluding carboxylic acids is 1. The van der Waals surface area contributed by atoms with Crippen LogP contribution >= 0.6 is 0 Å². The van der Waals surface area contributed by atoms with E-state index in [0.717, 1.165) is 24.3 Å². The molecule has 0 aliphatic carbocycles. The zero-order valence-corrected chi connectivity index (χ0v) is 13.5. The number of hydrogen-bond acceptors (Lipinski definition) is 3. The molecule has 0 heterocycles. The molecule has 0 radical (unpaired) electrons. The lowest BCUT2D eigenvalue weighted by molar-refractivity contribution is -0.156. The molecule has 1 atom stereocenters. The van der Waals surface area contributed by atoms with Gasteiger partial charge in [-0.1, -0.05) is 69.9 Å². The van der Waals surface area contributed by atoms with Crippen LogP contribution in [0.2, 0.25) is 0 Å². The maximum Gasteiger partial charge on any atom is 0.339 e. The Bertz CT molecular complexity index is 387. The summed E-state index contributed by atoms with van der Waals surface area (Å²) in [6.07, 6.45) is 5.17. The van der Waals surface area contributed by atoms with Crippen molar-refractivity contribution in [2.24, 2.45) is 5.92 Å². The average Bonchev–Trinajstić information content (AvgIpc) is 2.48. The Balaban J connectivity index is 2.20. The average molecular weight is 292 g/mol.